The molecule has 2 aliphatic rings. The minimum absolute atomic E-state index is 0.0203. The van der Waals surface area contributed by atoms with Crippen molar-refractivity contribution in [3.63, 3.8) is 0 Å². The van der Waals surface area contributed by atoms with Gasteiger partial charge in [0.25, 0.3) is 5.91 Å². The standard InChI is InChI=1S/C29H33F3N8O3/c1-2-13-33-26(41)23-17-35-27(36-19-6-8-21(9-7-19)42-18-29(30,31)32)39-25(23)37-24-10-14-34-28(38-24)43-22-11-15-40(16-12-22)20-4-3-5-20/h2,6-10,14,17,20,22H,1,3-5,11-13,15-16,18H2,(H,33,41)(H2,34,35,36,37,38,39). The second-order valence-corrected chi connectivity index (χ2v) is 10.3. The number of rotatable bonds is 12. The minimum atomic E-state index is -4.43. The summed E-state index contributed by atoms with van der Waals surface area (Å²) in [7, 11) is 0. The fourth-order valence-corrected chi connectivity index (χ4v) is 4.74. The van der Waals surface area contributed by atoms with Crippen LogP contribution in [0.3, 0.4) is 0 Å². The number of nitrogens with zero attached hydrogens (tertiary/aromatic N) is 5. The number of carbonyl (C=O) groups is 1. The number of piperidine rings is 1. The van der Waals surface area contributed by atoms with Gasteiger partial charge in [0, 0.05) is 43.8 Å². The molecule has 0 radical (unpaired) electrons. The molecule has 1 aromatic carbocycles. The van der Waals surface area contributed by atoms with Gasteiger partial charge in [0.2, 0.25) is 5.95 Å². The number of ether oxygens (including phenoxy) is 2. The number of aromatic nitrogens is 4. The van der Waals surface area contributed by atoms with Crippen LogP contribution in [0.2, 0.25) is 0 Å². The smallest absolute Gasteiger partial charge is 0.422 e. The number of anilines is 4. The highest BCUT2D eigenvalue weighted by molar-refractivity contribution is 5.99. The summed E-state index contributed by atoms with van der Waals surface area (Å²) >= 11 is 0. The highest BCUT2D eigenvalue weighted by Gasteiger charge is 2.30. The first-order chi connectivity index (χ1) is 20.8. The Hall–Kier alpha value is -4.46. The van der Waals surface area contributed by atoms with Crippen molar-refractivity contribution in [1.29, 1.82) is 0 Å². The van der Waals surface area contributed by atoms with Crippen LogP contribution in [0, 0.1) is 0 Å². The maximum atomic E-state index is 12.8. The zero-order valence-electron chi connectivity index (χ0n) is 23.4. The zero-order chi connectivity index (χ0) is 30.2. The quantitative estimate of drug-likeness (QED) is 0.245. The van der Waals surface area contributed by atoms with E-state index in [9.17, 15) is 18.0 Å². The van der Waals surface area contributed by atoms with Crippen LogP contribution in [-0.4, -0.2) is 75.3 Å². The molecule has 43 heavy (non-hydrogen) atoms. The average Bonchev–Trinajstić information content (AvgIpc) is 2.96. The van der Waals surface area contributed by atoms with Gasteiger partial charge in [-0.1, -0.05) is 12.5 Å². The van der Waals surface area contributed by atoms with E-state index in [2.05, 4.69) is 47.4 Å². The third kappa shape index (κ3) is 8.53. The van der Waals surface area contributed by atoms with Gasteiger partial charge in [0.1, 0.15) is 29.1 Å². The van der Waals surface area contributed by atoms with Crippen LogP contribution in [0.15, 0.2) is 55.4 Å². The molecule has 1 aliphatic heterocycles. The average molecular weight is 599 g/mol. The molecule has 3 heterocycles. The Morgan fingerprint density at radius 1 is 1.05 bits per heavy atom. The number of nitrogens with one attached hydrogen (secondary N) is 3. The Labute approximate surface area is 246 Å². The van der Waals surface area contributed by atoms with Crippen LogP contribution in [-0.2, 0) is 0 Å². The van der Waals surface area contributed by atoms with Crippen LogP contribution in [0.4, 0.5) is 36.4 Å². The van der Waals surface area contributed by atoms with E-state index in [1.54, 1.807) is 18.3 Å². The molecule has 2 fully saturated rings. The van der Waals surface area contributed by atoms with E-state index in [-0.39, 0.29) is 41.7 Å². The molecule has 3 aromatic rings. The number of alkyl halides is 3. The molecule has 0 bridgehead atoms. The van der Waals surface area contributed by atoms with Crippen molar-refractivity contribution in [3.05, 3.63) is 60.9 Å². The number of carbonyl (C=O) groups excluding carboxylic acids is 1. The van der Waals surface area contributed by atoms with Crippen molar-refractivity contribution >= 4 is 29.2 Å². The molecule has 228 valence electrons. The van der Waals surface area contributed by atoms with E-state index in [1.165, 1.54) is 49.7 Å². The summed E-state index contributed by atoms with van der Waals surface area (Å²) in [4.78, 5) is 32.8. The van der Waals surface area contributed by atoms with Crippen molar-refractivity contribution in [1.82, 2.24) is 30.2 Å². The minimum Gasteiger partial charge on any atom is -0.484 e. The highest BCUT2D eigenvalue weighted by atomic mass is 19.4. The van der Waals surface area contributed by atoms with Gasteiger partial charge in [-0.3, -0.25) is 4.79 Å². The number of hydrogen-bond acceptors (Lipinski definition) is 10. The Kier molecular flexibility index (Phi) is 9.55. The monoisotopic (exact) mass is 598 g/mol. The van der Waals surface area contributed by atoms with Gasteiger partial charge in [-0.15, -0.1) is 6.58 Å². The second kappa shape index (κ2) is 13.7. The van der Waals surface area contributed by atoms with E-state index in [0.29, 0.717) is 17.5 Å². The molecule has 11 nitrogen and oxygen atoms in total. The molecule has 5 rings (SSSR count). The maximum absolute atomic E-state index is 12.8. The SMILES string of the molecule is C=CCNC(=O)c1cnc(Nc2ccc(OCC(F)(F)F)cc2)nc1Nc1ccnc(OC2CCN(C3CCC3)CC2)n1. The Bertz CT molecular complexity index is 1390. The van der Waals surface area contributed by atoms with E-state index in [4.69, 9.17) is 9.47 Å². The van der Waals surface area contributed by atoms with Crippen molar-refractivity contribution in [2.24, 2.45) is 0 Å². The van der Waals surface area contributed by atoms with E-state index in [0.717, 1.165) is 25.9 Å². The fourth-order valence-electron chi connectivity index (χ4n) is 4.74. The second-order valence-electron chi connectivity index (χ2n) is 10.3. The molecular formula is C29H33F3N8O3. The molecule has 14 heteroatoms. The lowest BCUT2D eigenvalue weighted by Crippen LogP contribution is -2.46. The number of amides is 1. The molecule has 0 spiro atoms. The van der Waals surface area contributed by atoms with Crippen LogP contribution in [0.25, 0.3) is 0 Å². The van der Waals surface area contributed by atoms with Gasteiger partial charge in [-0.25, -0.2) is 9.97 Å². The molecule has 0 unspecified atom stereocenters. The van der Waals surface area contributed by atoms with Crippen LogP contribution < -0.4 is 25.4 Å². The van der Waals surface area contributed by atoms with Crippen molar-refractivity contribution in [2.75, 3.05) is 36.9 Å². The van der Waals surface area contributed by atoms with Gasteiger partial charge < -0.3 is 30.3 Å². The Morgan fingerprint density at radius 2 is 1.81 bits per heavy atom. The first-order valence-corrected chi connectivity index (χ1v) is 14.1. The number of halogens is 3. The topological polar surface area (TPSA) is 126 Å². The van der Waals surface area contributed by atoms with Crippen LogP contribution in [0.5, 0.6) is 11.8 Å². The summed E-state index contributed by atoms with van der Waals surface area (Å²) in [5, 5.41) is 8.75. The largest absolute Gasteiger partial charge is 0.484 e. The van der Waals surface area contributed by atoms with Crippen molar-refractivity contribution in [2.45, 2.75) is 50.4 Å². The molecule has 1 saturated carbocycles. The summed E-state index contributed by atoms with van der Waals surface area (Å²) in [6.45, 7) is 4.46. The molecule has 1 amide bonds. The molecule has 1 saturated heterocycles. The first-order valence-electron chi connectivity index (χ1n) is 14.1. The summed E-state index contributed by atoms with van der Waals surface area (Å²) in [6.07, 6.45) is 5.74. The predicted molar refractivity (Wildman–Crippen MR) is 154 cm³/mol. The van der Waals surface area contributed by atoms with Crippen molar-refractivity contribution in [3.8, 4) is 11.8 Å². The summed E-state index contributed by atoms with van der Waals surface area (Å²) in [5.74, 6) is 0.304. The van der Waals surface area contributed by atoms with E-state index >= 15 is 0 Å². The van der Waals surface area contributed by atoms with Gasteiger partial charge in [-0.2, -0.15) is 23.1 Å². The van der Waals surface area contributed by atoms with Gasteiger partial charge in [-0.05, 0) is 56.0 Å². The van der Waals surface area contributed by atoms with Crippen molar-refractivity contribution < 1.29 is 27.4 Å². The molecule has 1 aliphatic carbocycles. The van der Waals surface area contributed by atoms with Gasteiger partial charge >= 0.3 is 12.2 Å². The predicted octanol–water partition coefficient (Wildman–Crippen LogP) is 5.01. The lowest BCUT2D eigenvalue weighted by atomic mass is 9.90. The summed E-state index contributed by atoms with van der Waals surface area (Å²) in [5.41, 5.74) is 0.656. The highest BCUT2D eigenvalue weighted by Crippen LogP contribution is 2.29. The van der Waals surface area contributed by atoms with E-state index in [1.807, 2.05) is 0 Å². The lowest BCUT2D eigenvalue weighted by molar-refractivity contribution is -0.153. The van der Waals surface area contributed by atoms with E-state index < -0.39 is 18.7 Å². The molecule has 2 aromatic heterocycles. The summed E-state index contributed by atoms with van der Waals surface area (Å²) in [6, 6.07) is 8.41. The van der Waals surface area contributed by atoms with Crippen LogP contribution >= 0.6 is 0 Å². The Balaban J connectivity index is 1.27. The summed E-state index contributed by atoms with van der Waals surface area (Å²) < 4.78 is 48.1. The zero-order valence-corrected chi connectivity index (χ0v) is 23.4. The normalized spacial score (nSPS) is 16.2. The Morgan fingerprint density at radius 3 is 2.49 bits per heavy atom. The number of likely N-dealkylation sites (tertiary alicyclic amines) is 1. The van der Waals surface area contributed by atoms with Gasteiger partial charge in [0.05, 0.1) is 0 Å². The maximum Gasteiger partial charge on any atom is 0.422 e. The lowest BCUT2D eigenvalue weighted by Gasteiger charge is -2.41. The molecule has 0 atom stereocenters. The first kappa shape index (κ1) is 30.0. The fraction of sp³-hybridized carbons (Fsp3) is 0.414. The number of benzene rings is 1. The van der Waals surface area contributed by atoms with Crippen LogP contribution in [0.1, 0.15) is 42.5 Å². The van der Waals surface area contributed by atoms with Gasteiger partial charge in [0.15, 0.2) is 6.61 Å². The third-order valence-corrected chi connectivity index (χ3v) is 7.17. The third-order valence-electron chi connectivity index (χ3n) is 7.17. The molecule has 3 N–H and O–H groups in total. The molecular weight excluding hydrogens is 565 g/mol. The number of hydrogen-bond donors (Lipinski definition) is 3.